The molecule has 0 fully saturated rings. The minimum Gasteiger partial charge on any atom is -0.193 e. The van der Waals surface area contributed by atoms with Crippen LogP contribution in [-0.2, 0) is 0 Å². The van der Waals surface area contributed by atoms with Gasteiger partial charge in [0.05, 0.1) is 6.07 Å². The van der Waals surface area contributed by atoms with Crippen molar-refractivity contribution >= 4 is 17.8 Å². The molecule has 0 saturated heterocycles. The molecule has 0 heterocycles. The van der Waals surface area contributed by atoms with E-state index in [1.807, 2.05) is 36.4 Å². The fraction of sp³-hybridized carbons (Fsp3) is 0. The van der Waals surface area contributed by atoms with E-state index in [2.05, 4.69) is 24.3 Å². The summed E-state index contributed by atoms with van der Waals surface area (Å²) in [4.78, 5) is 2.43. The third-order valence-corrected chi connectivity index (χ3v) is 3.23. The second kappa shape index (κ2) is 5.93. The minimum absolute atomic E-state index is 1.05. The summed E-state index contributed by atoms with van der Waals surface area (Å²) in [6, 6.07) is 20.4. The van der Waals surface area contributed by atoms with Gasteiger partial charge in [-0.1, -0.05) is 42.1 Å². The van der Waals surface area contributed by atoms with E-state index < -0.39 is 0 Å². The highest BCUT2D eigenvalue weighted by Gasteiger charge is 1.95. The Bertz CT molecular complexity index is 535. The smallest absolute Gasteiger partial charge is 0.0912 e. The highest BCUT2D eigenvalue weighted by atomic mass is 32.2. The first-order valence-electron chi connectivity index (χ1n) is 5.27. The number of nitriles is 1. The number of allylic oxidation sites excluding steroid dienone is 1. The summed E-state index contributed by atoms with van der Waals surface area (Å²) in [5, 5.41) is 8.44. The van der Waals surface area contributed by atoms with Crippen molar-refractivity contribution in [2.45, 2.75) is 9.79 Å². The minimum atomic E-state index is 1.05. The molecule has 0 saturated carbocycles. The first kappa shape index (κ1) is 11.5. The Morgan fingerprint density at radius 1 is 0.882 bits per heavy atom. The maximum absolute atomic E-state index is 8.44. The van der Waals surface area contributed by atoms with Gasteiger partial charge in [0.2, 0.25) is 0 Å². The van der Waals surface area contributed by atoms with Gasteiger partial charge in [-0.2, -0.15) is 5.26 Å². The monoisotopic (exact) mass is 237 g/mol. The van der Waals surface area contributed by atoms with Gasteiger partial charge >= 0.3 is 0 Å². The van der Waals surface area contributed by atoms with Crippen LogP contribution in [0.3, 0.4) is 0 Å². The molecule has 0 aliphatic rings. The number of rotatable bonds is 3. The molecule has 1 nitrogen and oxygen atoms in total. The maximum atomic E-state index is 8.44. The van der Waals surface area contributed by atoms with Gasteiger partial charge in [0, 0.05) is 15.9 Å². The van der Waals surface area contributed by atoms with Crippen LogP contribution < -0.4 is 0 Å². The van der Waals surface area contributed by atoms with Gasteiger partial charge in [-0.15, -0.1) is 0 Å². The van der Waals surface area contributed by atoms with E-state index in [0.29, 0.717) is 0 Å². The van der Waals surface area contributed by atoms with Crippen molar-refractivity contribution in [2.24, 2.45) is 0 Å². The Labute approximate surface area is 105 Å². The average molecular weight is 237 g/mol. The summed E-state index contributed by atoms with van der Waals surface area (Å²) in [5.41, 5.74) is 1.05. The van der Waals surface area contributed by atoms with Crippen molar-refractivity contribution in [3.05, 3.63) is 66.2 Å². The second-order valence-electron chi connectivity index (χ2n) is 3.45. The van der Waals surface area contributed by atoms with Crippen LogP contribution in [0.4, 0.5) is 0 Å². The zero-order valence-electron chi connectivity index (χ0n) is 9.21. The SMILES string of the molecule is N#CC=Cc1ccc(Sc2ccccc2)cc1. The molecular weight excluding hydrogens is 226 g/mol. The summed E-state index contributed by atoms with van der Waals surface area (Å²) in [7, 11) is 0. The average Bonchev–Trinajstić information content (AvgIpc) is 2.39. The van der Waals surface area contributed by atoms with E-state index in [4.69, 9.17) is 5.26 Å². The predicted molar refractivity (Wildman–Crippen MR) is 71.7 cm³/mol. The van der Waals surface area contributed by atoms with Crippen molar-refractivity contribution in [1.29, 1.82) is 5.26 Å². The molecule has 0 aromatic heterocycles. The maximum Gasteiger partial charge on any atom is 0.0912 e. The molecule has 17 heavy (non-hydrogen) atoms. The molecule has 2 rings (SSSR count). The first-order chi connectivity index (χ1) is 8.38. The summed E-state index contributed by atoms with van der Waals surface area (Å²) in [6.45, 7) is 0. The zero-order valence-corrected chi connectivity index (χ0v) is 10.0. The molecule has 0 aliphatic carbocycles. The number of benzene rings is 2. The van der Waals surface area contributed by atoms with E-state index in [9.17, 15) is 0 Å². The standard InChI is InChI=1S/C15H11NS/c16-12-4-5-13-8-10-15(11-9-13)17-14-6-2-1-3-7-14/h1-11H. The Morgan fingerprint density at radius 3 is 2.18 bits per heavy atom. The van der Waals surface area contributed by atoms with Crippen LogP contribution in [0, 0.1) is 11.3 Å². The lowest BCUT2D eigenvalue weighted by Crippen LogP contribution is -1.75. The third kappa shape index (κ3) is 3.51. The van der Waals surface area contributed by atoms with Crippen LogP contribution in [0.25, 0.3) is 6.08 Å². The van der Waals surface area contributed by atoms with Crippen molar-refractivity contribution in [3.8, 4) is 6.07 Å². The molecule has 0 unspecified atom stereocenters. The van der Waals surface area contributed by atoms with Crippen LogP contribution in [0.15, 0.2) is 70.5 Å². The quantitative estimate of drug-likeness (QED) is 0.740. The van der Waals surface area contributed by atoms with Crippen molar-refractivity contribution in [2.75, 3.05) is 0 Å². The summed E-state index contributed by atoms with van der Waals surface area (Å²) >= 11 is 1.73. The molecule has 0 atom stereocenters. The second-order valence-corrected chi connectivity index (χ2v) is 4.59. The van der Waals surface area contributed by atoms with Gasteiger partial charge in [-0.25, -0.2) is 0 Å². The molecule has 0 aliphatic heterocycles. The lowest BCUT2D eigenvalue weighted by atomic mass is 10.2. The largest absolute Gasteiger partial charge is 0.193 e. The molecule has 0 N–H and O–H groups in total. The third-order valence-electron chi connectivity index (χ3n) is 2.21. The van der Waals surface area contributed by atoms with E-state index in [0.717, 1.165) is 5.56 Å². The molecule has 2 heteroatoms. The van der Waals surface area contributed by atoms with Crippen LogP contribution in [0.2, 0.25) is 0 Å². The van der Waals surface area contributed by atoms with E-state index in [1.165, 1.54) is 15.9 Å². The number of hydrogen-bond acceptors (Lipinski definition) is 2. The number of nitrogens with zero attached hydrogens (tertiary/aromatic N) is 1. The van der Waals surface area contributed by atoms with E-state index in [-0.39, 0.29) is 0 Å². The molecule has 0 radical (unpaired) electrons. The Kier molecular flexibility index (Phi) is 4.01. The topological polar surface area (TPSA) is 23.8 Å². The van der Waals surface area contributed by atoms with Crippen LogP contribution in [0.5, 0.6) is 0 Å². The van der Waals surface area contributed by atoms with Gasteiger partial charge in [0.25, 0.3) is 0 Å². The van der Waals surface area contributed by atoms with Crippen molar-refractivity contribution in [3.63, 3.8) is 0 Å². The predicted octanol–water partition coefficient (Wildman–Crippen LogP) is 4.37. The van der Waals surface area contributed by atoms with Gasteiger partial charge < -0.3 is 0 Å². The van der Waals surface area contributed by atoms with Gasteiger partial charge in [0.1, 0.15) is 0 Å². The molecule has 0 bridgehead atoms. The van der Waals surface area contributed by atoms with E-state index >= 15 is 0 Å². The lowest BCUT2D eigenvalue weighted by molar-refractivity contribution is 1.40. The lowest BCUT2D eigenvalue weighted by Gasteiger charge is -2.01. The summed E-state index contributed by atoms with van der Waals surface area (Å²) in [5.74, 6) is 0. The molecule has 2 aromatic rings. The van der Waals surface area contributed by atoms with E-state index in [1.54, 1.807) is 17.8 Å². The van der Waals surface area contributed by atoms with Crippen LogP contribution in [0.1, 0.15) is 5.56 Å². The van der Waals surface area contributed by atoms with Gasteiger partial charge in [-0.05, 0) is 35.9 Å². The molecule has 0 spiro atoms. The Hall–Kier alpha value is -1.98. The van der Waals surface area contributed by atoms with Gasteiger partial charge in [0.15, 0.2) is 0 Å². The first-order valence-corrected chi connectivity index (χ1v) is 6.09. The fourth-order valence-corrected chi connectivity index (χ4v) is 2.24. The molecule has 82 valence electrons. The zero-order chi connectivity index (χ0) is 11.9. The Balaban J connectivity index is 2.09. The summed E-state index contributed by atoms with van der Waals surface area (Å²) < 4.78 is 0. The summed E-state index contributed by atoms with van der Waals surface area (Å²) in [6.07, 6.45) is 3.29. The van der Waals surface area contributed by atoms with Crippen LogP contribution in [-0.4, -0.2) is 0 Å². The van der Waals surface area contributed by atoms with Crippen molar-refractivity contribution in [1.82, 2.24) is 0 Å². The highest BCUT2D eigenvalue weighted by Crippen LogP contribution is 2.27. The molecule has 0 amide bonds. The van der Waals surface area contributed by atoms with Crippen molar-refractivity contribution < 1.29 is 0 Å². The van der Waals surface area contributed by atoms with Crippen LogP contribution >= 0.6 is 11.8 Å². The highest BCUT2D eigenvalue weighted by molar-refractivity contribution is 7.99. The number of hydrogen-bond donors (Lipinski definition) is 0. The molecular formula is C15H11NS. The fourth-order valence-electron chi connectivity index (χ4n) is 1.41. The normalized spacial score (nSPS) is 10.3. The molecule has 2 aromatic carbocycles. The van der Waals surface area contributed by atoms with Gasteiger partial charge in [-0.3, -0.25) is 0 Å². The Morgan fingerprint density at radius 2 is 1.53 bits per heavy atom.